The molecule has 0 atom stereocenters. The maximum absolute atomic E-state index is 13.2. The number of benzene rings is 1. The number of aromatic nitrogens is 2. The molecule has 0 spiro atoms. The highest BCUT2D eigenvalue weighted by atomic mass is 32.1. The smallest absolute Gasteiger partial charge is 0.329 e. The van der Waals surface area contributed by atoms with Gasteiger partial charge in [-0.15, -0.1) is 11.3 Å². The Morgan fingerprint density at radius 2 is 1.83 bits per heavy atom. The van der Waals surface area contributed by atoms with Gasteiger partial charge >= 0.3 is 11.7 Å². The van der Waals surface area contributed by atoms with Gasteiger partial charge in [0.25, 0.3) is 5.56 Å². The van der Waals surface area contributed by atoms with Crippen LogP contribution in [0.5, 0.6) is 0 Å². The monoisotopic (exact) mass is 414 g/mol. The lowest BCUT2D eigenvalue weighted by Gasteiger charge is -2.19. The summed E-state index contributed by atoms with van der Waals surface area (Å²) in [6, 6.07) is 8.21. The lowest BCUT2D eigenvalue weighted by molar-refractivity contribution is -0.137. The minimum Gasteiger partial charge on any atom is -0.481 e. The number of nitrogens with one attached hydrogen (secondary N) is 1. The largest absolute Gasteiger partial charge is 0.481 e. The number of aryl methyl sites for hydroxylation is 1. The van der Waals surface area contributed by atoms with E-state index in [9.17, 15) is 14.4 Å². The van der Waals surface area contributed by atoms with Crippen molar-refractivity contribution in [1.29, 1.82) is 0 Å². The van der Waals surface area contributed by atoms with E-state index in [1.165, 1.54) is 16.9 Å². The zero-order valence-electron chi connectivity index (χ0n) is 17.2. The van der Waals surface area contributed by atoms with Crippen molar-refractivity contribution in [2.75, 3.05) is 0 Å². The molecule has 0 unspecified atom stereocenters. The van der Waals surface area contributed by atoms with Crippen molar-refractivity contribution in [3.63, 3.8) is 0 Å². The first-order chi connectivity index (χ1) is 13.6. The predicted octanol–water partition coefficient (Wildman–Crippen LogP) is 4.14. The summed E-state index contributed by atoms with van der Waals surface area (Å²) < 4.78 is 1.12. The number of H-pyrrole nitrogens is 1. The van der Waals surface area contributed by atoms with Crippen molar-refractivity contribution in [2.45, 2.75) is 58.9 Å². The van der Waals surface area contributed by atoms with Crippen LogP contribution in [0.4, 0.5) is 0 Å². The molecule has 0 saturated heterocycles. The summed E-state index contributed by atoms with van der Waals surface area (Å²) in [7, 11) is 0. The Balaban J connectivity index is 2.17. The number of rotatable bonds is 6. The maximum Gasteiger partial charge on any atom is 0.329 e. The second kappa shape index (κ2) is 7.99. The summed E-state index contributed by atoms with van der Waals surface area (Å²) in [4.78, 5) is 40.8. The molecule has 2 heterocycles. The first kappa shape index (κ1) is 21.0. The Morgan fingerprint density at radius 1 is 1.17 bits per heavy atom. The number of carboxylic acid groups (broad SMARTS) is 1. The Hall–Kier alpha value is -2.67. The minimum atomic E-state index is -0.945. The van der Waals surface area contributed by atoms with Crippen LogP contribution in [0, 0.1) is 0 Å². The van der Waals surface area contributed by atoms with Crippen molar-refractivity contribution in [3.05, 3.63) is 55.5 Å². The van der Waals surface area contributed by atoms with E-state index in [1.54, 1.807) is 0 Å². The molecule has 0 amide bonds. The Kier molecular flexibility index (Phi) is 5.80. The SMILES string of the molecule is CCc1sc2[nH]c(=O)n(CCCC(=O)O)c(=O)c2c1-c1ccc(C(C)(C)C)cc1. The van der Waals surface area contributed by atoms with E-state index in [1.807, 2.05) is 19.1 Å². The van der Waals surface area contributed by atoms with E-state index < -0.39 is 11.7 Å². The molecular weight excluding hydrogens is 388 g/mol. The Labute approximate surface area is 172 Å². The summed E-state index contributed by atoms with van der Waals surface area (Å²) in [5.74, 6) is -0.945. The van der Waals surface area contributed by atoms with E-state index in [-0.39, 0.29) is 30.4 Å². The van der Waals surface area contributed by atoms with Gasteiger partial charge in [0.2, 0.25) is 0 Å². The quantitative estimate of drug-likeness (QED) is 0.634. The van der Waals surface area contributed by atoms with Crippen LogP contribution < -0.4 is 11.2 Å². The summed E-state index contributed by atoms with van der Waals surface area (Å²) in [6.07, 6.45) is 0.884. The van der Waals surface area contributed by atoms with E-state index in [0.29, 0.717) is 10.2 Å². The molecule has 0 aliphatic heterocycles. The van der Waals surface area contributed by atoms with E-state index in [2.05, 4.69) is 37.9 Å². The van der Waals surface area contributed by atoms with Crippen LogP contribution in [0.25, 0.3) is 21.3 Å². The fraction of sp³-hybridized carbons (Fsp3) is 0.409. The second-order valence-corrected chi connectivity index (χ2v) is 9.27. The van der Waals surface area contributed by atoms with Gasteiger partial charge in [0, 0.05) is 23.4 Å². The van der Waals surface area contributed by atoms with Crippen molar-refractivity contribution in [2.24, 2.45) is 0 Å². The van der Waals surface area contributed by atoms with E-state index >= 15 is 0 Å². The van der Waals surface area contributed by atoms with Crippen LogP contribution in [0.1, 0.15) is 51.0 Å². The zero-order valence-corrected chi connectivity index (χ0v) is 18.0. The highest BCUT2D eigenvalue weighted by Crippen LogP contribution is 2.37. The van der Waals surface area contributed by atoms with Crippen molar-refractivity contribution >= 4 is 27.5 Å². The predicted molar refractivity (Wildman–Crippen MR) is 117 cm³/mol. The molecule has 0 aliphatic rings. The molecule has 0 fully saturated rings. The third kappa shape index (κ3) is 4.19. The Morgan fingerprint density at radius 3 is 2.38 bits per heavy atom. The molecule has 29 heavy (non-hydrogen) atoms. The van der Waals surface area contributed by atoms with Gasteiger partial charge in [0.05, 0.1) is 5.39 Å². The van der Waals surface area contributed by atoms with Crippen molar-refractivity contribution in [1.82, 2.24) is 9.55 Å². The lowest BCUT2D eigenvalue weighted by atomic mass is 9.86. The van der Waals surface area contributed by atoms with Gasteiger partial charge in [-0.3, -0.25) is 19.1 Å². The fourth-order valence-electron chi connectivity index (χ4n) is 3.44. The van der Waals surface area contributed by atoms with Crippen LogP contribution >= 0.6 is 11.3 Å². The molecule has 7 heteroatoms. The van der Waals surface area contributed by atoms with Gasteiger partial charge < -0.3 is 5.11 Å². The van der Waals surface area contributed by atoms with Gasteiger partial charge in [-0.25, -0.2) is 4.79 Å². The normalized spacial score (nSPS) is 11.9. The molecule has 0 radical (unpaired) electrons. The highest BCUT2D eigenvalue weighted by Gasteiger charge is 2.20. The highest BCUT2D eigenvalue weighted by molar-refractivity contribution is 7.19. The molecular formula is C22H26N2O4S. The number of nitrogens with zero attached hydrogens (tertiary/aromatic N) is 1. The number of thiophene rings is 1. The standard InChI is InChI=1S/C22H26N2O4S/c1-5-15-17(13-8-10-14(11-9-13)22(2,3)4)18-19(29-15)23-21(28)24(20(18)27)12-6-7-16(25)26/h8-11H,5-7,12H2,1-4H3,(H,23,28)(H,25,26). The van der Waals surface area contributed by atoms with Crippen LogP contribution in [0.15, 0.2) is 33.9 Å². The number of hydrogen-bond donors (Lipinski definition) is 2. The summed E-state index contributed by atoms with van der Waals surface area (Å²) in [5, 5.41) is 9.34. The average Bonchev–Trinajstić information content (AvgIpc) is 3.02. The zero-order chi connectivity index (χ0) is 21.3. The van der Waals surface area contributed by atoms with Gasteiger partial charge in [0.1, 0.15) is 4.83 Å². The molecule has 2 aromatic heterocycles. The topological polar surface area (TPSA) is 92.2 Å². The molecule has 0 bridgehead atoms. The van der Waals surface area contributed by atoms with Crippen LogP contribution in [0.3, 0.4) is 0 Å². The van der Waals surface area contributed by atoms with Gasteiger partial charge in [-0.05, 0) is 29.4 Å². The number of fused-ring (bicyclic) bond motifs is 1. The third-order valence-corrected chi connectivity index (χ3v) is 6.29. The molecule has 3 rings (SSSR count). The third-order valence-electron chi connectivity index (χ3n) is 5.04. The number of hydrogen-bond acceptors (Lipinski definition) is 4. The van der Waals surface area contributed by atoms with Gasteiger partial charge in [-0.1, -0.05) is 52.0 Å². The second-order valence-electron chi connectivity index (χ2n) is 8.17. The van der Waals surface area contributed by atoms with E-state index in [4.69, 9.17) is 5.11 Å². The molecule has 2 N–H and O–H groups in total. The fourth-order valence-corrected chi connectivity index (χ4v) is 4.59. The van der Waals surface area contributed by atoms with Crippen LogP contribution in [-0.2, 0) is 23.2 Å². The van der Waals surface area contributed by atoms with Crippen LogP contribution in [-0.4, -0.2) is 20.6 Å². The minimum absolute atomic E-state index is 0.0327. The molecule has 154 valence electrons. The number of aromatic amines is 1. The lowest BCUT2D eigenvalue weighted by Crippen LogP contribution is -2.35. The first-order valence-electron chi connectivity index (χ1n) is 9.74. The summed E-state index contributed by atoms with van der Waals surface area (Å²) in [6.45, 7) is 8.57. The first-order valence-corrected chi connectivity index (χ1v) is 10.6. The molecule has 0 aliphatic carbocycles. The van der Waals surface area contributed by atoms with Crippen molar-refractivity contribution in [3.8, 4) is 11.1 Å². The van der Waals surface area contributed by atoms with Gasteiger partial charge in [0.15, 0.2) is 0 Å². The molecule has 6 nitrogen and oxygen atoms in total. The number of aliphatic carboxylic acids is 1. The Bertz CT molecular complexity index is 1160. The van der Waals surface area contributed by atoms with Crippen molar-refractivity contribution < 1.29 is 9.90 Å². The molecule has 3 aromatic rings. The molecule has 0 saturated carbocycles. The average molecular weight is 415 g/mol. The summed E-state index contributed by atoms with van der Waals surface area (Å²) in [5.41, 5.74) is 2.19. The van der Waals surface area contributed by atoms with Crippen LogP contribution in [0.2, 0.25) is 0 Å². The number of carboxylic acids is 1. The maximum atomic E-state index is 13.2. The molecule has 1 aromatic carbocycles. The van der Waals surface area contributed by atoms with E-state index in [0.717, 1.165) is 27.0 Å². The van der Waals surface area contributed by atoms with Gasteiger partial charge in [-0.2, -0.15) is 0 Å². The number of carbonyl (C=O) groups is 1. The summed E-state index contributed by atoms with van der Waals surface area (Å²) >= 11 is 1.43.